The summed E-state index contributed by atoms with van der Waals surface area (Å²) in [6.45, 7) is 0.800. The molecule has 26 heavy (non-hydrogen) atoms. The van der Waals surface area contributed by atoms with Crippen LogP contribution in [0.5, 0.6) is 0 Å². The summed E-state index contributed by atoms with van der Waals surface area (Å²) in [6.07, 6.45) is 1.72. The highest BCUT2D eigenvalue weighted by Gasteiger charge is 2.22. The van der Waals surface area contributed by atoms with E-state index in [4.69, 9.17) is 0 Å². The molecule has 0 aliphatic carbocycles. The van der Waals surface area contributed by atoms with Crippen molar-refractivity contribution in [1.29, 1.82) is 0 Å². The topological polar surface area (TPSA) is 52.6 Å². The van der Waals surface area contributed by atoms with Crippen LogP contribution in [0.15, 0.2) is 47.6 Å². The second-order valence-corrected chi connectivity index (χ2v) is 5.74. The van der Waals surface area contributed by atoms with Gasteiger partial charge in [0.05, 0.1) is 18.3 Å². The van der Waals surface area contributed by atoms with E-state index >= 15 is 0 Å². The molecule has 1 heterocycles. The molecule has 0 aliphatic rings. The van der Waals surface area contributed by atoms with Crippen LogP contribution in [-0.4, -0.2) is 43.5 Å². The molecule has 1 aromatic heterocycles. The third-order valence-corrected chi connectivity index (χ3v) is 3.81. The van der Waals surface area contributed by atoms with Crippen LogP contribution < -0.4 is 10.6 Å². The van der Waals surface area contributed by atoms with Gasteiger partial charge in [-0.2, -0.15) is 0 Å². The molecular formula is C18H24F2IN5. The van der Waals surface area contributed by atoms with Gasteiger partial charge in [-0.25, -0.2) is 8.78 Å². The third-order valence-electron chi connectivity index (χ3n) is 3.81. The fraction of sp³-hybridized carbons (Fsp3) is 0.333. The van der Waals surface area contributed by atoms with Gasteiger partial charge in [-0.15, -0.1) is 24.0 Å². The van der Waals surface area contributed by atoms with Gasteiger partial charge in [0, 0.05) is 25.4 Å². The number of nitrogens with zero attached hydrogens (tertiary/aromatic N) is 3. The Bertz CT molecular complexity index is 690. The van der Waals surface area contributed by atoms with Crippen molar-refractivity contribution in [3.8, 4) is 0 Å². The molecule has 5 nitrogen and oxygen atoms in total. The van der Waals surface area contributed by atoms with Crippen LogP contribution in [0.4, 0.5) is 8.78 Å². The summed E-state index contributed by atoms with van der Waals surface area (Å²) in [7, 11) is 5.20. The minimum atomic E-state index is -0.558. The smallest absolute Gasteiger partial charge is 0.191 e. The predicted molar refractivity (Wildman–Crippen MR) is 111 cm³/mol. The molecule has 0 radical (unpaired) electrons. The lowest BCUT2D eigenvalue weighted by molar-refractivity contribution is 0.282. The van der Waals surface area contributed by atoms with E-state index in [1.807, 2.05) is 18.2 Å². The van der Waals surface area contributed by atoms with Gasteiger partial charge in [0.1, 0.15) is 11.6 Å². The Balaban J connectivity index is 0.00000338. The number of benzene rings is 1. The van der Waals surface area contributed by atoms with Crippen molar-refractivity contribution < 1.29 is 8.78 Å². The lowest BCUT2D eigenvalue weighted by Crippen LogP contribution is -2.42. The van der Waals surface area contributed by atoms with E-state index < -0.39 is 17.7 Å². The molecule has 0 saturated carbocycles. The summed E-state index contributed by atoms with van der Waals surface area (Å²) < 4.78 is 28.2. The quantitative estimate of drug-likeness (QED) is 0.384. The molecule has 1 aromatic carbocycles. The Labute approximate surface area is 169 Å². The molecule has 0 fully saturated rings. The van der Waals surface area contributed by atoms with E-state index in [0.29, 0.717) is 19.0 Å². The summed E-state index contributed by atoms with van der Waals surface area (Å²) in [5, 5.41) is 6.24. The Kier molecular flexibility index (Phi) is 9.42. The van der Waals surface area contributed by atoms with Crippen molar-refractivity contribution in [3.63, 3.8) is 0 Å². The van der Waals surface area contributed by atoms with E-state index in [2.05, 4.69) is 20.6 Å². The second kappa shape index (κ2) is 11.0. The van der Waals surface area contributed by atoms with Crippen LogP contribution in [0.3, 0.4) is 0 Å². The number of hydrogen-bond acceptors (Lipinski definition) is 3. The Morgan fingerprint density at radius 3 is 2.35 bits per heavy atom. The van der Waals surface area contributed by atoms with Crippen LogP contribution in [0.25, 0.3) is 0 Å². The van der Waals surface area contributed by atoms with E-state index in [1.54, 1.807) is 32.2 Å². The number of rotatable bonds is 6. The molecule has 142 valence electrons. The van der Waals surface area contributed by atoms with Crippen molar-refractivity contribution in [2.75, 3.05) is 27.7 Å². The number of halogens is 3. The fourth-order valence-electron chi connectivity index (χ4n) is 2.46. The third kappa shape index (κ3) is 6.17. The maximum absolute atomic E-state index is 14.1. The van der Waals surface area contributed by atoms with Crippen molar-refractivity contribution in [2.45, 2.75) is 12.6 Å². The molecule has 2 rings (SSSR count). The standard InChI is InChI=1S/C18H23F2N5.HI/c1-21-18(23-11-13-7-4-5-10-22-13)24-12-16(25(2)3)17-14(19)8-6-9-15(17)20;/h4-10,16H,11-12H2,1-3H3,(H2,21,23,24);1H. The number of guanidine groups is 1. The molecule has 0 amide bonds. The van der Waals surface area contributed by atoms with Crippen LogP contribution in [0, 0.1) is 11.6 Å². The Morgan fingerprint density at radius 1 is 1.12 bits per heavy atom. The zero-order chi connectivity index (χ0) is 18.2. The number of pyridine rings is 1. The molecule has 2 aromatic rings. The van der Waals surface area contributed by atoms with Gasteiger partial charge < -0.3 is 15.5 Å². The SMILES string of the molecule is CN=C(NCc1ccccn1)NCC(c1c(F)cccc1F)N(C)C.I. The van der Waals surface area contributed by atoms with E-state index in [1.165, 1.54) is 18.2 Å². The monoisotopic (exact) mass is 475 g/mol. The summed E-state index contributed by atoms with van der Waals surface area (Å²) in [5.41, 5.74) is 0.912. The molecule has 0 bridgehead atoms. The number of likely N-dealkylation sites (N-methyl/N-ethyl adjacent to an activating group) is 1. The molecule has 1 atom stereocenters. The highest BCUT2D eigenvalue weighted by molar-refractivity contribution is 14.0. The Morgan fingerprint density at radius 2 is 1.81 bits per heavy atom. The van der Waals surface area contributed by atoms with Crippen LogP contribution in [0.1, 0.15) is 17.3 Å². The molecule has 0 saturated heterocycles. The lowest BCUT2D eigenvalue weighted by Gasteiger charge is -2.26. The second-order valence-electron chi connectivity index (χ2n) is 5.74. The van der Waals surface area contributed by atoms with Gasteiger partial charge in [0.2, 0.25) is 0 Å². The summed E-state index contributed by atoms with van der Waals surface area (Å²) in [5.74, 6) is -0.580. The van der Waals surface area contributed by atoms with Gasteiger partial charge >= 0.3 is 0 Å². The van der Waals surface area contributed by atoms with Crippen LogP contribution in [0.2, 0.25) is 0 Å². The van der Waals surface area contributed by atoms with Crippen LogP contribution in [-0.2, 0) is 6.54 Å². The highest BCUT2D eigenvalue weighted by Crippen LogP contribution is 2.23. The molecular weight excluding hydrogens is 451 g/mol. The van der Waals surface area contributed by atoms with Gasteiger partial charge in [0.25, 0.3) is 0 Å². The number of aliphatic imine (C=N–C) groups is 1. The van der Waals surface area contributed by atoms with Gasteiger partial charge in [-0.3, -0.25) is 9.98 Å². The van der Waals surface area contributed by atoms with E-state index in [0.717, 1.165) is 5.69 Å². The highest BCUT2D eigenvalue weighted by atomic mass is 127. The summed E-state index contributed by atoms with van der Waals surface area (Å²) in [4.78, 5) is 10.1. The summed E-state index contributed by atoms with van der Waals surface area (Å²) in [6, 6.07) is 9.07. The van der Waals surface area contributed by atoms with Crippen LogP contribution >= 0.6 is 24.0 Å². The number of nitrogens with one attached hydrogen (secondary N) is 2. The van der Waals surface area contributed by atoms with Crippen molar-refractivity contribution >= 4 is 29.9 Å². The summed E-state index contributed by atoms with van der Waals surface area (Å²) >= 11 is 0. The first-order valence-electron chi connectivity index (χ1n) is 7.97. The zero-order valence-corrected chi connectivity index (χ0v) is 17.4. The largest absolute Gasteiger partial charge is 0.354 e. The molecule has 1 unspecified atom stereocenters. The first-order chi connectivity index (χ1) is 12.0. The molecule has 8 heteroatoms. The lowest BCUT2D eigenvalue weighted by atomic mass is 10.0. The van der Waals surface area contributed by atoms with Crippen molar-refractivity contribution in [1.82, 2.24) is 20.5 Å². The van der Waals surface area contributed by atoms with Crippen molar-refractivity contribution in [2.24, 2.45) is 4.99 Å². The first kappa shape index (κ1) is 22.2. The minimum Gasteiger partial charge on any atom is -0.354 e. The van der Waals surface area contributed by atoms with Gasteiger partial charge in [-0.05, 0) is 38.4 Å². The predicted octanol–water partition coefficient (Wildman–Crippen LogP) is 2.95. The zero-order valence-electron chi connectivity index (χ0n) is 15.0. The molecule has 0 aliphatic heterocycles. The van der Waals surface area contributed by atoms with E-state index in [9.17, 15) is 8.78 Å². The molecule has 2 N–H and O–H groups in total. The number of hydrogen-bond donors (Lipinski definition) is 2. The average Bonchev–Trinajstić information content (AvgIpc) is 2.60. The maximum Gasteiger partial charge on any atom is 0.191 e. The fourth-order valence-corrected chi connectivity index (χ4v) is 2.46. The minimum absolute atomic E-state index is 0. The van der Waals surface area contributed by atoms with Crippen molar-refractivity contribution in [3.05, 3.63) is 65.5 Å². The maximum atomic E-state index is 14.1. The number of aromatic nitrogens is 1. The average molecular weight is 475 g/mol. The van der Waals surface area contributed by atoms with Gasteiger partial charge in [-0.1, -0.05) is 12.1 Å². The van der Waals surface area contributed by atoms with E-state index in [-0.39, 0.29) is 29.5 Å². The Hall–Kier alpha value is -1.81. The normalized spacial score (nSPS) is 12.5. The first-order valence-corrected chi connectivity index (χ1v) is 7.97. The van der Waals surface area contributed by atoms with Gasteiger partial charge in [0.15, 0.2) is 5.96 Å². The molecule has 0 spiro atoms.